The minimum Gasteiger partial charge on any atom is -0.492 e. The lowest BCUT2D eigenvalue weighted by Crippen LogP contribution is -2.11. The Morgan fingerprint density at radius 2 is 2.14 bits per heavy atom. The zero-order valence-electron chi connectivity index (χ0n) is 7.99. The van der Waals surface area contributed by atoms with Gasteiger partial charge in [-0.2, -0.15) is 0 Å². The van der Waals surface area contributed by atoms with Crippen LogP contribution >= 0.6 is 0 Å². The quantitative estimate of drug-likeness (QED) is 0.651. The molecule has 2 rings (SSSR count). The van der Waals surface area contributed by atoms with Gasteiger partial charge in [0.05, 0.1) is 11.5 Å². The van der Waals surface area contributed by atoms with Crippen LogP contribution in [0.15, 0.2) is 18.2 Å². The van der Waals surface area contributed by atoms with Crippen molar-refractivity contribution in [3.05, 3.63) is 29.3 Å². The number of benzene rings is 1. The van der Waals surface area contributed by atoms with Crippen LogP contribution in [0.2, 0.25) is 0 Å². The van der Waals surface area contributed by atoms with E-state index in [-0.39, 0.29) is 18.1 Å². The van der Waals surface area contributed by atoms with Crippen LogP contribution in [0.4, 0.5) is 0 Å². The van der Waals surface area contributed by atoms with Crippen molar-refractivity contribution in [1.29, 1.82) is 0 Å². The topological polar surface area (TPSA) is 43.4 Å². The van der Waals surface area contributed by atoms with Crippen LogP contribution in [-0.4, -0.2) is 20.8 Å². The second-order valence-corrected chi connectivity index (χ2v) is 5.74. The molecular weight excluding hydrogens is 200 g/mol. The van der Waals surface area contributed by atoms with Gasteiger partial charge in [-0.25, -0.2) is 8.42 Å². The molecule has 0 atom stereocenters. The Labute approximate surface area is 83.6 Å². The molecule has 4 heteroatoms. The molecule has 0 saturated carbocycles. The van der Waals surface area contributed by atoms with Crippen molar-refractivity contribution in [2.45, 2.75) is 12.7 Å². The highest BCUT2D eigenvalue weighted by molar-refractivity contribution is 7.90. The third kappa shape index (κ3) is 1.90. The molecular formula is C10H12O3S. The molecule has 0 spiro atoms. The highest BCUT2D eigenvalue weighted by atomic mass is 32.2. The highest BCUT2D eigenvalue weighted by Crippen LogP contribution is 2.24. The van der Waals surface area contributed by atoms with E-state index in [9.17, 15) is 8.42 Å². The van der Waals surface area contributed by atoms with Crippen LogP contribution in [0, 0.1) is 6.92 Å². The second-order valence-electron chi connectivity index (χ2n) is 3.55. The van der Waals surface area contributed by atoms with E-state index in [1.54, 1.807) is 0 Å². The fraction of sp³-hybridized carbons (Fsp3) is 0.400. The summed E-state index contributed by atoms with van der Waals surface area (Å²) in [5.41, 5.74) is 1.84. The fourth-order valence-corrected chi connectivity index (χ4v) is 2.73. The van der Waals surface area contributed by atoms with E-state index in [0.717, 1.165) is 11.1 Å². The van der Waals surface area contributed by atoms with E-state index in [2.05, 4.69) is 0 Å². The van der Waals surface area contributed by atoms with Gasteiger partial charge in [-0.3, -0.25) is 0 Å². The smallest absolute Gasteiger partial charge is 0.157 e. The first-order valence-electron chi connectivity index (χ1n) is 4.50. The van der Waals surface area contributed by atoms with Crippen molar-refractivity contribution < 1.29 is 13.2 Å². The third-order valence-corrected chi connectivity index (χ3v) is 3.78. The molecule has 0 radical (unpaired) electrons. The lowest BCUT2D eigenvalue weighted by Gasteiger charge is -2.05. The average molecular weight is 212 g/mol. The Morgan fingerprint density at radius 3 is 2.93 bits per heavy atom. The predicted octanol–water partition coefficient (Wildman–Crippen LogP) is 1.30. The van der Waals surface area contributed by atoms with E-state index < -0.39 is 9.84 Å². The van der Waals surface area contributed by atoms with Gasteiger partial charge >= 0.3 is 0 Å². The molecule has 1 aromatic rings. The standard InChI is InChI=1S/C10H12O3S/c1-8-2-3-10-9(6-8)7-14(11,12)5-4-13-10/h2-3,6H,4-5,7H2,1H3. The van der Waals surface area contributed by atoms with Crippen LogP contribution in [0.1, 0.15) is 11.1 Å². The molecule has 0 N–H and O–H groups in total. The lowest BCUT2D eigenvalue weighted by molar-refractivity contribution is 0.342. The molecule has 1 aliphatic rings. The molecule has 1 heterocycles. The largest absolute Gasteiger partial charge is 0.492 e. The summed E-state index contributed by atoms with van der Waals surface area (Å²) in [4.78, 5) is 0. The first-order valence-corrected chi connectivity index (χ1v) is 6.32. The van der Waals surface area contributed by atoms with Crippen LogP contribution in [-0.2, 0) is 15.6 Å². The van der Waals surface area contributed by atoms with E-state index in [1.165, 1.54) is 0 Å². The van der Waals surface area contributed by atoms with Gasteiger partial charge in [0.2, 0.25) is 0 Å². The van der Waals surface area contributed by atoms with E-state index in [4.69, 9.17) is 4.74 Å². The molecule has 76 valence electrons. The van der Waals surface area contributed by atoms with Crippen LogP contribution in [0.25, 0.3) is 0 Å². The Kier molecular flexibility index (Phi) is 2.23. The summed E-state index contributed by atoms with van der Waals surface area (Å²) < 4.78 is 28.3. The van der Waals surface area contributed by atoms with Crippen molar-refractivity contribution in [1.82, 2.24) is 0 Å². The molecule has 0 aliphatic carbocycles. The molecule has 1 aromatic carbocycles. The summed E-state index contributed by atoms with van der Waals surface area (Å²) in [6, 6.07) is 5.64. The number of rotatable bonds is 0. The molecule has 14 heavy (non-hydrogen) atoms. The van der Waals surface area contributed by atoms with Crippen LogP contribution in [0.5, 0.6) is 5.75 Å². The van der Waals surface area contributed by atoms with Gasteiger partial charge in [0.15, 0.2) is 9.84 Å². The normalized spacial score (nSPS) is 19.2. The molecule has 0 bridgehead atoms. The fourth-order valence-electron chi connectivity index (χ4n) is 1.55. The molecule has 3 nitrogen and oxygen atoms in total. The predicted molar refractivity (Wildman–Crippen MR) is 54.2 cm³/mol. The minimum absolute atomic E-state index is 0.101. The van der Waals surface area contributed by atoms with Gasteiger partial charge in [0, 0.05) is 5.56 Å². The van der Waals surface area contributed by atoms with E-state index in [0.29, 0.717) is 5.75 Å². The van der Waals surface area contributed by atoms with Crippen molar-refractivity contribution >= 4 is 9.84 Å². The molecule has 0 amide bonds. The molecule has 0 fully saturated rings. The Morgan fingerprint density at radius 1 is 1.36 bits per heavy atom. The average Bonchev–Trinajstić information content (AvgIpc) is 2.21. The number of hydrogen-bond acceptors (Lipinski definition) is 3. The summed E-state index contributed by atoms with van der Waals surface area (Å²) in [6.07, 6.45) is 0. The summed E-state index contributed by atoms with van der Waals surface area (Å²) in [7, 11) is -2.97. The van der Waals surface area contributed by atoms with Crippen molar-refractivity contribution in [3.63, 3.8) is 0 Å². The molecule has 0 unspecified atom stereocenters. The first-order chi connectivity index (χ1) is 6.57. The minimum atomic E-state index is -2.97. The maximum absolute atomic E-state index is 11.5. The molecule has 1 aliphatic heterocycles. The maximum atomic E-state index is 11.5. The van der Waals surface area contributed by atoms with E-state index >= 15 is 0 Å². The molecule has 0 aromatic heterocycles. The van der Waals surface area contributed by atoms with Gasteiger partial charge in [-0.15, -0.1) is 0 Å². The van der Waals surface area contributed by atoms with Crippen molar-refractivity contribution in [2.75, 3.05) is 12.4 Å². The monoisotopic (exact) mass is 212 g/mol. The van der Waals surface area contributed by atoms with Gasteiger partial charge < -0.3 is 4.74 Å². The van der Waals surface area contributed by atoms with Gasteiger partial charge in [0.1, 0.15) is 12.4 Å². The lowest BCUT2D eigenvalue weighted by atomic mass is 10.1. The summed E-state index contributed by atoms with van der Waals surface area (Å²) in [5.74, 6) is 0.918. The van der Waals surface area contributed by atoms with Crippen molar-refractivity contribution in [3.8, 4) is 5.75 Å². The van der Waals surface area contributed by atoms with Gasteiger partial charge in [-0.05, 0) is 13.0 Å². The number of aryl methyl sites for hydroxylation is 1. The van der Waals surface area contributed by atoms with Crippen LogP contribution < -0.4 is 4.74 Å². The Hall–Kier alpha value is -1.03. The highest BCUT2D eigenvalue weighted by Gasteiger charge is 2.19. The second kappa shape index (κ2) is 3.28. The first kappa shape index (κ1) is 9.52. The zero-order chi connectivity index (χ0) is 10.2. The van der Waals surface area contributed by atoms with Crippen molar-refractivity contribution in [2.24, 2.45) is 0 Å². The summed E-state index contributed by atoms with van der Waals surface area (Å²) in [5, 5.41) is 0. The maximum Gasteiger partial charge on any atom is 0.157 e. The number of hydrogen-bond donors (Lipinski definition) is 0. The number of ether oxygens (including phenoxy) is 1. The number of sulfone groups is 1. The number of fused-ring (bicyclic) bond motifs is 1. The summed E-state index contributed by atoms with van der Waals surface area (Å²) >= 11 is 0. The Balaban J connectivity index is 2.48. The Bertz CT molecular complexity index is 448. The zero-order valence-corrected chi connectivity index (χ0v) is 8.80. The van der Waals surface area contributed by atoms with Gasteiger partial charge in [0.25, 0.3) is 0 Å². The van der Waals surface area contributed by atoms with Crippen LogP contribution in [0.3, 0.4) is 0 Å². The summed E-state index contributed by atoms with van der Waals surface area (Å²) in [6.45, 7) is 2.20. The third-order valence-electron chi connectivity index (χ3n) is 2.24. The SMILES string of the molecule is Cc1ccc2c(c1)CS(=O)(=O)CCO2. The van der Waals surface area contributed by atoms with Gasteiger partial charge in [-0.1, -0.05) is 17.7 Å². The van der Waals surface area contributed by atoms with E-state index in [1.807, 2.05) is 25.1 Å². The molecule has 0 saturated heterocycles.